The summed E-state index contributed by atoms with van der Waals surface area (Å²) in [6, 6.07) is 3.43. The van der Waals surface area contributed by atoms with Crippen molar-refractivity contribution in [3.8, 4) is 17.6 Å². The lowest BCUT2D eigenvalue weighted by Gasteiger charge is -2.29. The minimum atomic E-state index is -0.864. The first kappa shape index (κ1) is 18.7. The van der Waals surface area contributed by atoms with Crippen molar-refractivity contribution in [3.63, 3.8) is 0 Å². The first-order chi connectivity index (χ1) is 13.0. The van der Waals surface area contributed by atoms with E-state index in [1.807, 2.05) is 30.4 Å². The molecule has 3 rings (SSSR count). The summed E-state index contributed by atoms with van der Waals surface area (Å²) < 4.78 is 5.44. The molecule has 0 atom stereocenters. The summed E-state index contributed by atoms with van der Waals surface area (Å²) in [7, 11) is 1.51. The van der Waals surface area contributed by atoms with Gasteiger partial charge >= 0.3 is 0 Å². The van der Waals surface area contributed by atoms with Crippen molar-refractivity contribution >= 4 is 17.3 Å². The number of carbonyl (C=O) groups is 2. The van der Waals surface area contributed by atoms with Crippen LogP contribution in [-0.2, 0) is 9.59 Å². The Morgan fingerprint density at radius 2 is 1.85 bits per heavy atom. The summed E-state index contributed by atoms with van der Waals surface area (Å²) >= 11 is 0. The Balaban J connectivity index is 1.93. The zero-order valence-electron chi connectivity index (χ0n) is 15.6. The van der Waals surface area contributed by atoms with Gasteiger partial charge < -0.3 is 10.5 Å². The Morgan fingerprint density at radius 3 is 2.52 bits per heavy atom. The molecule has 1 fully saturated rings. The molecule has 0 amide bonds. The van der Waals surface area contributed by atoms with E-state index >= 15 is 0 Å². The molecule has 4 heteroatoms. The summed E-state index contributed by atoms with van der Waals surface area (Å²) in [4.78, 5) is 25.9. The molecule has 0 bridgehead atoms. The van der Waals surface area contributed by atoms with Crippen LogP contribution in [0.1, 0.15) is 43.2 Å². The average Bonchev–Trinajstić information content (AvgIpc) is 2.92. The van der Waals surface area contributed by atoms with E-state index in [0.717, 1.165) is 12.0 Å². The number of ether oxygens (including phenoxy) is 1. The van der Waals surface area contributed by atoms with Gasteiger partial charge in [-0.3, -0.25) is 9.59 Å². The molecule has 138 valence electrons. The van der Waals surface area contributed by atoms with Crippen LogP contribution in [0.2, 0.25) is 0 Å². The van der Waals surface area contributed by atoms with Crippen molar-refractivity contribution in [2.75, 3.05) is 12.8 Å². The van der Waals surface area contributed by atoms with E-state index in [2.05, 4.69) is 11.8 Å². The number of nitrogen functional groups attached to an aromatic ring is 1. The number of allylic oxidation sites excluding steroid dienone is 6. The van der Waals surface area contributed by atoms with E-state index in [0.29, 0.717) is 35.4 Å². The fraction of sp³-hybridized carbons (Fsp3) is 0.304. The fourth-order valence-electron chi connectivity index (χ4n) is 3.80. The highest BCUT2D eigenvalue weighted by atomic mass is 16.5. The molecule has 2 aliphatic rings. The standard InChI is InChI=1S/C23H23NO3/c1-3-8-15-11-18(24)22(21(12-15)27-2)23-19(25)13-17(14-20(23)26)16-9-6-4-5-7-10-16/h4-7,9,11-12,17,23H,10,13-14,24H2,1-2H3. The quantitative estimate of drug-likeness (QED) is 0.506. The number of ketones is 2. The second-order valence-electron chi connectivity index (χ2n) is 6.79. The molecule has 4 nitrogen and oxygen atoms in total. The normalized spacial score (nSPS) is 21.9. The average molecular weight is 361 g/mol. The third-order valence-corrected chi connectivity index (χ3v) is 5.04. The Labute approximate surface area is 159 Å². The largest absolute Gasteiger partial charge is 0.496 e. The summed E-state index contributed by atoms with van der Waals surface area (Å²) in [5.74, 6) is 5.07. The van der Waals surface area contributed by atoms with Gasteiger partial charge in [0.25, 0.3) is 0 Å². The Hall–Kier alpha value is -3.06. The number of nitrogens with two attached hydrogens (primary N) is 1. The minimum absolute atomic E-state index is 0.0499. The molecule has 0 saturated heterocycles. The number of hydrogen-bond acceptors (Lipinski definition) is 4. The first-order valence-electron chi connectivity index (χ1n) is 9.03. The van der Waals surface area contributed by atoms with Gasteiger partial charge in [-0.1, -0.05) is 41.9 Å². The molecular weight excluding hydrogens is 338 g/mol. The molecule has 0 radical (unpaired) electrons. The van der Waals surface area contributed by atoms with Crippen molar-refractivity contribution in [3.05, 3.63) is 59.2 Å². The second kappa shape index (κ2) is 8.09. The first-order valence-corrected chi connectivity index (χ1v) is 9.03. The lowest BCUT2D eigenvalue weighted by atomic mass is 9.73. The third kappa shape index (κ3) is 3.88. The molecule has 0 heterocycles. The van der Waals surface area contributed by atoms with E-state index < -0.39 is 5.92 Å². The van der Waals surface area contributed by atoms with Crippen LogP contribution in [0.15, 0.2) is 48.1 Å². The van der Waals surface area contributed by atoms with E-state index in [-0.39, 0.29) is 17.5 Å². The van der Waals surface area contributed by atoms with Crippen LogP contribution in [0.25, 0.3) is 0 Å². The highest BCUT2D eigenvalue weighted by Crippen LogP contribution is 2.41. The van der Waals surface area contributed by atoms with Crippen molar-refractivity contribution in [1.29, 1.82) is 0 Å². The summed E-state index contributed by atoms with van der Waals surface area (Å²) in [6.07, 6.45) is 11.4. The van der Waals surface area contributed by atoms with Gasteiger partial charge in [-0.2, -0.15) is 0 Å². The van der Waals surface area contributed by atoms with Crippen molar-refractivity contribution < 1.29 is 14.3 Å². The SMILES string of the molecule is CC#Cc1cc(N)c(C2C(=O)CC(C3=CC=CC=CC3)CC2=O)c(OC)c1. The van der Waals surface area contributed by atoms with Crippen molar-refractivity contribution in [2.45, 2.75) is 32.1 Å². The number of rotatable bonds is 3. The zero-order valence-corrected chi connectivity index (χ0v) is 15.6. The van der Waals surface area contributed by atoms with Crippen LogP contribution < -0.4 is 10.5 Å². The van der Waals surface area contributed by atoms with E-state index in [1.54, 1.807) is 19.1 Å². The maximum atomic E-state index is 13.0. The molecule has 2 aliphatic carbocycles. The van der Waals surface area contributed by atoms with E-state index in [9.17, 15) is 9.59 Å². The van der Waals surface area contributed by atoms with Gasteiger partial charge in [-0.05, 0) is 31.4 Å². The van der Waals surface area contributed by atoms with E-state index in [1.165, 1.54) is 7.11 Å². The topological polar surface area (TPSA) is 69.4 Å². The number of carbonyl (C=O) groups excluding carboxylic acids is 2. The number of anilines is 1. The van der Waals surface area contributed by atoms with Crippen LogP contribution >= 0.6 is 0 Å². The molecule has 2 N–H and O–H groups in total. The monoisotopic (exact) mass is 361 g/mol. The number of benzene rings is 1. The van der Waals surface area contributed by atoms with Gasteiger partial charge in [0.15, 0.2) is 0 Å². The molecule has 27 heavy (non-hydrogen) atoms. The molecule has 0 aromatic heterocycles. The lowest BCUT2D eigenvalue weighted by Crippen LogP contribution is -2.33. The van der Waals surface area contributed by atoms with Crippen LogP contribution in [0.4, 0.5) is 5.69 Å². The molecule has 0 aliphatic heterocycles. The molecule has 1 aromatic carbocycles. The van der Waals surface area contributed by atoms with Gasteiger partial charge in [0.2, 0.25) is 0 Å². The van der Waals surface area contributed by atoms with Crippen LogP contribution in [0, 0.1) is 17.8 Å². The number of Topliss-reactive ketones (excluding diaryl/α,β-unsaturated/α-hetero) is 2. The van der Waals surface area contributed by atoms with Crippen molar-refractivity contribution in [1.82, 2.24) is 0 Å². The molecule has 0 unspecified atom stereocenters. The van der Waals surface area contributed by atoms with Gasteiger partial charge in [-0.15, -0.1) is 5.92 Å². The summed E-state index contributed by atoms with van der Waals surface area (Å²) in [5.41, 5.74) is 8.87. The predicted octanol–water partition coefficient (Wildman–Crippen LogP) is 3.72. The minimum Gasteiger partial charge on any atom is -0.496 e. The molecule has 1 saturated carbocycles. The van der Waals surface area contributed by atoms with Crippen LogP contribution in [0.3, 0.4) is 0 Å². The lowest BCUT2D eigenvalue weighted by molar-refractivity contribution is -0.133. The van der Waals surface area contributed by atoms with Crippen LogP contribution in [0.5, 0.6) is 5.75 Å². The fourth-order valence-corrected chi connectivity index (χ4v) is 3.80. The maximum Gasteiger partial charge on any atom is 0.148 e. The Kier molecular flexibility index (Phi) is 5.61. The van der Waals surface area contributed by atoms with Gasteiger partial charge in [0, 0.05) is 29.7 Å². The van der Waals surface area contributed by atoms with Crippen LogP contribution in [-0.4, -0.2) is 18.7 Å². The van der Waals surface area contributed by atoms with Gasteiger partial charge in [0.05, 0.1) is 7.11 Å². The smallest absolute Gasteiger partial charge is 0.148 e. The van der Waals surface area contributed by atoms with E-state index in [4.69, 9.17) is 10.5 Å². The predicted molar refractivity (Wildman–Crippen MR) is 106 cm³/mol. The van der Waals surface area contributed by atoms with Gasteiger partial charge in [-0.25, -0.2) is 0 Å². The molecule has 1 aromatic rings. The van der Waals surface area contributed by atoms with Crippen molar-refractivity contribution in [2.24, 2.45) is 5.92 Å². The Bertz CT molecular complexity index is 907. The highest BCUT2D eigenvalue weighted by molar-refractivity contribution is 6.11. The zero-order chi connectivity index (χ0) is 19.4. The highest BCUT2D eigenvalue weighted by Gasteiger charge is 2.40. The number of hydrogen-bond donors (Lipinski definition) is 1. The maximum absolute atomic E-state index is 13.0. The molecular formula is C23H23NO3. The summed E-state index contributed by atoms with van der Waals surface area (Å²) in [5, 5.41) is 0. The second-order valence-corrected chi connectivity index (χ2v) is 6.79. The van der Waals surface area contributed by atoms with Gasteiger partial charge in [0.1, 0.15) is 23.2 Å². The molecule has 0 spiro atoms. The summed E-state index contributed by atoms with van der Waals surface area (Å²) in [6.45, 7) is 1.73. The Morgan fingerprint density at radius 1 is 1.11 bits per heavy atom. The third-order valence-electron chi connectivity index (χ3n) is 5.04. The number of methoxy groups -OCH3 is 1.